The van der Waals surface area contributed by atoms with Crippen molar-refractivity contribution in [3.63, 3.8) is 0 Å². The molecule has 0 radical (unpaired) electrons. The first kappa shape index (κ1) is 13.1. The molecule has 19 heavy (non-hydrogen) atoms. The van der Waals surface area contributed by atoms with Gasteiger partial charge < -0.3 is 9.47 Å². The van der Waals surface area contributed by atoms with Crippen LogP contribution in [0.15, 0.2) is 42.5 Å². The summed E-state index contributed by atoms with van der Waals surface area (Å²) in [7, 11) is 0. The third kappa shape index (κ3) is 3.35. The fourth-order valence-electron chi connectivity index (χ4n) is 1.76. The molecular weight excluding hydrogens is 240 g/mol. The van der Waals surface area contributed by atoms with E-state index in [1.807, 2.05) is 38.1 Å². The van der Waals surface area contributed by atoms with Gasteiger partial charge in [0.25, 0.3) is 0 Å². The molecule has 0 saturated carbocycles. The van der Waals surface area contributed by atoms with Gasteiger partial charge in [-0.1, -0.05) is 0 Å². The van der Waals surface area contributed by atoms with E-state index in [-0.39, 0.29) is 0 Å². The van der Waals surface area contributed by atoms with E-state index in [1.54, 1.807) is 18.2 Å². The Morgan fingerprint density at radius 1 is 1.05 bits per heavy atom. The Morgan fingerprint density at radius 3 is 2.32 bits per heavy atom. The van der Waals surface area contributed by atoms with Crippen molar-refractivity contribution in [2.75, 3.05) is 6.61 Å². The van der Waals surface area contributed by atoms with E-state index >= 15 is 0 Å². The van der Waals surface area contributed by atoms with E-state index in [4.69, 9.17) is 9.47 Å². The Bertz CT molecular complexity index is 559. The van der Waals surface area contributed by atoms with E-state index in [2.05, 4.69) is 0 Å². The Morgan fingerprint density at radius 2 is 1.74 bits per heavy atom. The van der Waals surface area contributed by atoms with Crippen LogP contribution in [0.3, 0.4) is 0 Å². The van der Waals surface area contributed by atoms with Crippen LogP contribution in [-0.4, -0.2) is 12.9 Å². The van der Waals surface area contributed by atoms with Gasteiger partial charge >= 0.3 is 0 Å². The van der Waals surface area contributed by atoms with Crippen molar-refractivity contribution in [3.05, 3.63) is 53.6 Å². The summed E-state index contributed by atoms with van der Waals surface area (Å²) in [5.74, 6) is 2.31. The number of aryl methyl sites for hydroxylation is 1. The van der Waals surface area contributed by atoms with Crippen LogP contribution in [0.5, 0.6) is 17.2 Å². The van der Waals surface area contributed by atoms with Crippen LogP contribution >= 0.6 is 0 Å². The Hall–Kier alpha value is -2.29. The van der Waals surface area contributed by atoms with Crippen molar-refractivity contribution in [3.8, 4) is 17.2 Å². The van der Waals surface area contributed by atoms with Crippen LogP contribution in [0.25, 0.3) is 0 Å². The lowest BCUT2D eigenvalue weighted by Gasteiger charge is -2.10. The van der Waals surface area contributed by atoms with Gasteiger partial charge in [0, 0.05) is 5.56 Å². The van der Waals surface area contributed by atoms with Crippen molar-refractivity contribution in [2.24, 2.45) is 0 Å². The van der Waals surface area contributed by atoms with Gasteiger partial charge in [-0.25, -0.2) is 0 Å². The van der Waals surface area contributed by atoms with Gasteiger partial charge in [-0.05, 0) is 61.9 Å². The summed E-state index contributed by atoms with van der Waals surface area (Å²) >= 11 is 0. The average molecular weight is 256 g/mol. The monoisotopic (exact) mass is 256 g/mol. The maximum absolute atomic E-state index is 10.7. The molecule has 0 aliphatic heterocycles. The molecule has 0 bridgehead atoms. The fraction of sp³-hybridized carbons (Fsp3) is 0.188. The van der Waals surface area contributed by atoms with E-state index in [9.17, 15) is 4.79 Å². The Balaban J connectivity index is 2.14. The molecule has 0 amide bonds. The van der Waals surface area contributed by atoms with E-state index in [0.29, 0.717) is 12.2 Å². The van der Waals surface area contributed by atoms with Crippen LogP contribution < -0.4 is 9.47 Å². The third-order valence-electron chi connectivity index (χ3n) is 2.70. The molecule has 2 rings (SSSR count). The second-order valence-electron chi connectivity index (χ2n) is 4.15. The van der Waals surface area contributed by atoms with Crippen molar-refractivity contribution in [1.82, 2.24) is 0 Å². The van der Waals surface area contributed by atoms with Crippen molar-refractivity contribution in [2.45, 2.75) is 13.8 Å². The molecule has 0 atom stereocenters. The molecule has 0 aliphatic rings. The number of rotatable bonds is 5. The number of carbonyl (C=O) groups is 1. The summed E-state index contributed by atoms with van der Waals surface area (Å²) in [4.78, 5) is 10.7. The average Bonchev–Trinajstić information content (AvgIpc) is 2.43. The second kappa shape index (κ2) is 6.05. The van der Waals surface area contributed by atoms with Crippen LogP contribution in [0.4, 0.5) is 0 Å². The van der Waals surface area contributed by atoms with E-state index < -0.39 is 0 Å². The van der Waals surface area contributed by atoms with Gasteiger partial charge in [-0.2, -0.15) is 0 Å². The molecule has 98 valence electrons. The van der Waals surface area contributed by atoms with Gasteiger partial charge in [0.1, 0.15) is 23.5 Å². The summed E-state index contributed by atoms with van der Waals surface area (Å²) in [6, 6.07) is 12.8. The number of aldehydes is 1. The molecular formula is C16H16O3. The molecule has 0 aliphatic carbocycles. The highest BCUT2D eigenvalue weighted by molar-refractivity contribution is 5.75. The van der Waals surface area contributed by atoms with Crippen molar-refractivity contribution >= 4 is 6.29 Å². The van der Waals surface area contributed by atoms with E-state index in [0.717, 1.165) is 29.1 Å². The number of ether oxygens (including phenoxy) is 2. The second-order valence-corrected chi connectivity index (χ2v) is 4.15. The molecule has 0 heterocycles. The minimum absolute atomic E-state index is 0.645. The van der Waals surface area contributed by atoms with Gasteiger partial charge in [-0.15, -0.1) is 0 Å². The SMILES string of the molecule is CCOc1ccc(Oc2ccc(C=O)cc2C)cc1. The molecule has 2 aromatic rings. The largest absolute Gasteiger partial charge is 0.494 e. The Kier molecular flexibility index (Phi) is 4.18. The zero-order valence-corrected chi connectivity index (χ0v) is 11.1. The predicted octanol–water partition coefficient (Wildman–Crippen LogP) is 4.00. The molecule has 0 spiro atoms. The van der Waals surface area contributed by atoms with Crippen LogP contribution in [0.2, 0.25) is 0 Å². The number of benzene rings is 2. The summed E-state index contributed by atoms with van der Waals surface area (Å²) in [6.45, 7) is 4.51. The van der Waals surface area contributed by atoms with Crippen molar-refractivity contribution < 1.29 is 14.3 Å². The first-order valence-electron chi connectivity index (χ1n) is 6.19. The highest BCUT2D eigenvalue weighted by Gasteiger charge is 2.03. The highest BCUT2D eigenvalue weighted by Crippen LogP contribution is 2.26. The normalized spacial score (nSPS) is 10.0. The molecule has 0 saturated heterocycles. The summed E-state index contributed by atoms with van der Waals surface area (Å²) in [5, 5.41) is 0. The zero-order valence-electron chi connectivity index (χ0n) is 11.1. The van der Waals surface area contributed by atoms with Gasteiger partial charge in [0.15, 0.2) is 0 Å². The fourth-order valence-corrected chi connectivity index (χ4v) is 1.76. The molecule has 3 nitrogen and oxygen atoms in total. The summed E-state index contributed by atoms with van der Waals surface area (Å²) in [5.41, 5.74) is 1.58. The quantitative estimate of drug-likeness (QED) is 0.758. The molecule has 3 heteroatoms. The lowest BCUT2D eigenvalue weighted by atomic mass is 10.1. The van der Waals surface area contributed by atoms with Crippen LogP contribution in [0, 0.1) is 6.92 Å². The lowest BCUT2D eigenvalue weighted by molar-refractivity contribution is 0.112. The summed E-state index contributed by atoms with van der Waals surface area (Å²) < 4.78 is 11.1. The van der Waals surface area contributed by atoms with Gasteiger partial charge in [-0.3, -0.25) is 4.79 Å². The maximum Gasteiger partial charge on any atom is 0.150 e. The van der Waals surface area contributed by atoms with Gasteiger partial charge in [0.2, 0.25) is 0 Å². The standard InChI is InChI=1S/C16H16O3/c1-3-18-14-5-7-15(8-6-14)19-16-9-4-13(11-17)10-12(16)2/h4-11H,3H2,1-2H3. The predicted molar refractivity (Wildman–Crippen MR) is 74.3 cm³/mol. The first-order valence-corrected chi connectivity index (χ1v) is 6.19. The molecule has 2 aromatic carbocycles. The topological polar surface area (TPSA) is 35.5 Å². The molecule has 0 aromatic heterocycles. The third-order valence-corrected chi connectivity index (χ3v) is 2.70. The molecule has 0 N–H and O–H groups in total. The summed E-state index contributed by atoms with van der Waals surface area (Å²) in [6.07, 6.45) is 0.827. The highest BCUT2D eigenvalue weighted by atomic mass is 16.5. The van der Waals surface area contributed by atoms with E-state index in [1.165, 1.54) is 0 Å². The number of hydrogen-bond acceptors (Lipinski definition) is 3. The number of carbonyl (C=O) groups excluding carboxylic acids is 1. The van der Waals surface area contributed by atoms with Crippen LogP contribution in [0.1, 0.15) is 22.8 Å². The lowest BCUT2D eigenvalue weighted by Crippen LogP contribution is -1.92. The van der Waals surface area contributed by atoms with Crippen LogP contribution in [-0.2, 0) is 0 Å². The Labute approximate surface area is 112 Å². The maximum atomic E-state index is 10.7. The molecule has 0 fully saturated rings. The van der Waals surface area contributed by atoms with Gasteiger partial charge in [0.05, 0.1) is 6.61 Å². The molecule has 0 unspecified atom stereocenters. The smallest absolute Gasteiger partial charge is 0.150 e. The first-order chi connectivity index (χ1) is 9.22. The zero-order chi connectivity index (χ0) is 13.7. The van der Waals surface area contributed by atoms with Crippen molar-refractivity contribution in [1.29, 1.82) is 0 Å². The minimum Gasteiger partial charge on any atom is -0.494 e. The number of hydrogen-bond donors (Lipinski definition) is 0. The minimum atomic E-state index is 0.645.